The van der Waals surface area contributed by atoms with E-state index in [4.69, 9.17) is 4.74 Å². The van der Waals surface area contributed by atoms with Crippen LogP contribution in [0.3, 0.4) is 0 Å². The summed E-state index contributed by atoms with van der Waals surface area (Å²) in [5, 5.41) is 0. The molecule has 0 unspecified atom stereocenters. The average Bonchev–Trinajstić information content (AvgIpc) is 2.88. The molecule has 1 saturated heterocycles. The SMILES string of the molecule is COC(=O)c1cc(SCc2ccccc2)ccc1NS(=O)(=O)N1CCN(c2ccccc2)CC1. The summed E-state index contributed by atoms with van der Waals surface area (Å²) in [7, 11) is -2.55. The molecular formula is C25H27N3O4S2. The number of rotatable bonds is 8. The highest BCUT2D eigenvalue weighted by Gasteiger charge is 2.28. The van der Waals surface area contributed by atoms with Crippen molar-refractivity contribution in [1.82, 2.24) is 4.31 Å². The topological polar surface area (TPSA) is 78.9 Å². The quantitative estimate of drug-likeness (QED) is 0.370. The van der Waals surface area contributed by atoms with Crippen LogP contribution in [0.5, 0.6) is 0 Å². The van der Waals surface area contributed by atoms with E-state index in [1.165, 1.54) is 11.4 Å². The van der Waals surface area contributed by atoms with Crippen LogP contribution in [-0.2, 0) is 20.7 Å². The summed E-state index contributed by atoms with van der Waals surface area (Å²) in [4.78, 5) is 15.4. The number of benzene rings is 3. The van der Waals surface area contributed by atoms with Gasteiger partial charge >= 0.3 is 16.2 Å². The van der Waals surface area contributed by atoms with Crippen molar-refractivity contribution in [1.29, 1.82) is 0 Å². The van der Waals surface area contributed by atoms with Gasteiger partial charge in [-0.25, -0.2) is 4.79 Å². The van der Waals surface area contributed by atoms with Gasteiger partial charge in [-0.2, -0.15) is 12.7 Å². The van der Waals surface area contributed by atoms with Gasteiger partial charge in [0.2, 0.25) is 0 Å². The van der Waals surface area contributed by atoms with Gasteiger partial charge in [0.1, 0.15) is 0 Å². The molecule has 3 aromatic carbocycles. The van der Waals surface area contributed by atoms with E-state index in [-0.39, 0.29) is 11.3 Å². The van der Waals surface area contributed by atoms with Gasteiger partial charge in [-0.3, -0.25) is 4.72 Å². The third kappa shape index (κ3) is 5.91. The molecule has 1 aliphatic heterocycles. The molecule has 0 aromatic heterocycles. The molecule has 1 heterocycles. The van der Waals surface area contributed by atoms with Crippen LogP contribution in [0.25, 0.3) is 0 Å². The molecule has 0 atom stereocenters. The van der Waals surface area contributed by atoms with Crippen LogP contribution in [0, 0.1) is 0 Å². The maximum absolute atomic E-state index is 13.1. The summed E-state index contributed by atoms with van der Waals surface area (Å²) in [6.45, 7) is 1.87. The minimum absolute atomic E-state index is 0.187. The van der Waals surface area contributed by atoms with E-state index < -0.39 is 16.2 Å². The Balaban J connectivity index is 1.45. The van der Waals surface area contributed by atoms with Crippen molar-refractivity contribution in [2.45, 2.75) is 10.6 Å². The van der Waals surface area contributed by atoms with E-state index in [9.17, 15) is 13.2 Å². The van der Waals surface area contributed by atoms with Crippen molar-refractivity contribution in [3.8, 4) is 0 Å². The van der Waals surface area contributed by atoms with Gasteiger partial charge in [0, 0.05) is 42.5 Å². The Hall–Kier alpha value is -3.01. The molecule has 1 fully saturated rings. The number of para-hydroxylation sites is 1. The maximum Gasteiger partial charge on any atom is 0.340 e. The van der Waals surface area contributed by atoms with Gasteiger partial charge in [-0.15, -0.1) is 11.8 Å². The van der Waals surface area contributed by atoms with Gasteiger partial charge in [0.25, 0.3) is 0 Å². The number of piperazine rings is 1. The Morgan fingerprint density at radius 3 is 2.24 bits per heavy atom. The third-order valence-electron chi connectivity index (χ3n) is 5.58. The second-order valence-electron chi connectivity index (χ2n) is 7.80. The van der Waals surface area contributed by atoms with Crippen molar-refractivity contribution >= 4 is 39.3 Å². The summed E-state index contributed by atoms with van der Waals surface area (Å²) in [6, 6.07) is 25.0. The van der Waals surface area contributed by atoms with Crippen LogP contribution >= 0.6 is 11.8 Å². The number of methoxy groups -OCH3 is 1. The van der Waals surface area contributed by atoms with Gasteiger partial charge < -0.3 is 9.64 Å². The molecule has 0 saturated carbocycles. The molecule has 1 aliphatic rings. The second kappa shape index (κ2) is 10.9. The molecule has 3 aromatic rings. The Labute approximate surface area is 204 Å². The molecule has 0 amide bonds. The molecule has 7 nitrogen and oxygen atoms in total. The smallest absolute Gasteiger partial charge is 0.340 e. The van der Waals surface area contributed by atoms with E-state index >= 15 is 0 Å². The van der Waals surface area contributed by atoms with Crippen LogP contribution < -0.4 is 9.62 Å². The van der Waals surface area contributed by atoms with Crippen LogP contribution in [0.2, 0.25) is 0 Å². The molecular weight excluding hydrogens is 470 g/mol. The number of esters is 1. The maximum atomic E-state index is 13.1. The third-order valence-corrected chi connectivity index (χ3v) is 8.17. The Morgan fingerprint density at radius 2 is 1.59 bits per heavy atom. The van der Waals surface area contributed by atoms with E-state index in [0.29, 0.717) is 26.2 Å². The normalized spacial score (nSPS) is 14.6. The van der Waals surface area contributed by atoms with Gasteiger partial charge in [0.05, 0.1) is 18.4 Å². The number of hydrogen-bond acceptors (Lipinski definition) is 6. The molecule has 0 radical (unpaired) electrons. The molecule has 178 valence electrons. The lowest BCUT2D eigenvalue weighted by atomic mass is 10.2. The molecule has 0 aliphatic carbocycles. The van der Waals surface area contributed by atoms with Crippen molar-refractivity contribution in [2.24, 2.45) is 0 Å². The number of carbonyl (C=O) groups is 1. The highest BCUT2D eigenvalue weighted by Crippen LogP contribution is 2.29. The highest BCUT2D eigenvalue weighted by molar-refractivity contribution is 7.98. The largest absolute Gasteiger partial charge is 0.465 e. The first-order valence-electron chi connectivity index (χ1n) is 10.9. The van der Waals surface area contributed by atoms with E-state index in [2.05, 4.69) is 9.62 Å². The average molecular weight is 498 g/mol. The van der Waals surface area contributed by atoms with Gasteiger partial charge in [0.15, 0.2) is 0 Å². The summed E-state index contributed by atoms with van der Waals surface area (Å²) < 4.78 is 35.1. The first-order valence-corrected chi connectivity index (χ1v) is 13.4. The lowest BCUT2D eigenvalue weighted by molar-refractivity contribution is 0.0601. The van der Waals surface area contributed by atoms with Crippen molar-refractivity contribution < 1.29 is 17.9 Å². The number of nitrogens with zero attached hydrogens (tertiary/aromatic N) is 2. The van der Waals surface area contributed by atoms with Crippen LogP contribution in [0.4, 0.5) is 11.4 Å². The fourth-order valence-corrected chi connectivity index (χ4v) is 5.87. The van der Waals surface area contributed by atoms with E-state index in [0.717, 1.165) is 21.9 Å². The second-order valence-corrected chi connectivity index (χ2v) is 10.5. The lowest BCUT2D eigenvalue weighted by Crippen LogP contribution is -2.50. The fraction of sp³-hybridized carbons (Fsp3) is 0.240. The first kappa shape index (κ1) is 24.1. The van der Waals surface area contributed by atoms with E-state index in [1.807, 2.05) is 66.7 Å². The summed E-state index contributed by atoms with van der Waals surface area (Å²) in [6.07, 6.45) is 0. The lowest BCUT2D eigenvalue weighted by Gasteiger charge is -2.35. The molecule has 4 rings (SSSR count). The Bertz CT molecular complexity index is 1210. The predicted octanol–water partition coefficient (Wildman–Crippen LogP) is 4.24. The predicted molar refractivity (Wildman–Crippen MR) is 137 cm³/mol. The minimum atomic E-state index is -3.83. The molecule has 1 N–H and O–H groups in total. The summed E-state index contributed by atoms with van der Waals surface area (Å²) in [5.41, 5.74) is 2.63. The van der Waals surface area contributed by atoms with Crippen LogP contribution in [-0.4, -0.2) is 52.0 Å². The van der Waals surface area contributed by atoms with Gasteiger partial charge in [-0.1, -0.05) is 48.5 Å². The Morgan fingerprint density at radius 1 is 0.941 bits per heavy atom. The molecule has 9 heteroatoms. The summed E-state index contributed by atoms with van der Waals surface area (Å²) in [5.74, 6) is 0.145. The van der Waals surface area contributed by atoms with E-state index in [1.54, 1.807) is 23.9 Å². The zero-order valence-corrected chi connectivity index (χ0v) is 20.5. The van der Waals surface area contributed by atoms with Crippen molar-refractivity contribution in [3.63, 3.8) is 0 Å². The van der Waals surface area contributed by atoms with Crippen LogP contribution in [0.15, 0.2) is 83.8 Å². The van der Waals surface area contributed by atoms with Crippen LogP contribution in [0.1, 0.15) is 15.9 Å². The standard InChI is InChI=1S/C25H27N3O4S2/c1-32-25(29)23-18-22(33-19-20-8-4-2-5-9-20)12-13-24(23)26-34(30,31)28-16-14-27(15-17-28)21-10-6-3-7-11-21/h2-13,18,26H,14-17,19H2,1H3. The molecule has 34 heavy (non-hydrogen) atoms. The highest BCUT2D eigenvalue weighted by atomic mass is 32.2. The zero-order valence-electron chi connectivity index (χ0n) is 18.9. The minimum Gasteiger partial charge on any atom is -0.465 e. The number of nitrogens with one attached hydrogen (secondary N) is 1. The monoisotopic (exact) mass is 497 g/mol. The molecule has 0 spiro atoms. The first-order chi connectivity index (χ1) is 16.5. The van der Waals surface area contributed by atoms with Gasteiger partial charge in [-0.05, 0) is 35.9 Å². The van der Waals surface area contributed by atoms with Crippen molar-refractivity contribution in [2.75, 3.05) is 42.9 Å². The number of anilines is 2. The fourth-order valence-electron chi connectivity index (χ4n) is 3.75. The van der Waals surface area contributed by atoms with Crippen molar-refractivity contribution in [3.05, 3.63) is 90.0 Å². The number of hydrogen-bond donors (Lipinski definition) is 1. The Kier molecular flexibility index (Phi) is 7.77. The number of carbonyl (C=O) groups excluding carboxylic acids is 1. The number of thioether (sulfide) groups is 1. The number of ether oxygens (including phenoxy) is 1. The zero-order chi connectivity index (χ0) is 24.0. The molecule has 0 bridgehead atoms. The summed E-state index contributed by atoms with van der Waals surface area (Å²) >= 11 is 1.57.